The molecule has 3 N–H and O–H groups in total. The fourth-order valence-electron chi connectivity index (χ4n) is 5.02. The first-order valence-electron chi connectivity index (χ1n) is 11.7. The Hall–Kier alpha value is -3.50. The van der Waals surface area contributed by atoms with Crippen molar-refractivity contribution in [3.8, 4) is 0 Å². The van der Waals surface area contributed by atoms with Crippen LogP contribution >= 0.6 is 0 Å². The third-order valence-electron chi connectivity index (χ3n) is 6.55. The SMILES string of the molecule is CNC(=O)c1c(NC2COC2)c2cnc(N3C[C@@H](C)N[C@@H](C)C3)nc2n2c1nc1ccccc12. The zero-order valence-electron chi connectivity index (χ0n) is 19.5. The molecule has 176 valence electrons. The molecule has 0 unspecified atom stereocenters. The second-order valence-electron chi connectivity index (χ2n) is 9.25. The summed E-state index contributed by atoms with van der Waals surface area (Å²) in [7, 11) is 1.63. The van der Waals surface area contributed by atoms with Crippen molar-refractivity contribution in [1.82, 2.24) is 30.0 Å². The van der Waals surface area contributed by atoms with Crippen LogP contribution in [-0.2, 0) is 4.74 Å². The first-order chi connectivity index (χ1) is 16.5. The zero-order valence-corrected chi connectivity index (χ0v) is 19.5. The predicted molar refractivity (Wildman–Crippen MR) is 132 cm³/mol. The van der Waals surface area contributed by atoms with Gasteiger partial charge in [-0.15, -0.1) is 0 Å². The molecule has 2 aliphatic rings. The van der Waals surface area contributed by atoms with Gasteiger partial charge in [-0.3, -0.25) is 9.20 Å². The molecule has 1 amide bonds. The molecular formula is C24H28N8O2. The van der Waals surface area contributed by atoms with Crippen LogP contribution in [-0.4, -0.2) is 76.7 Å². The molecule has 0 radical (unpaired) electrons. The lowest BCUT2D eigenvalue weighted by Gasteiger charge is -2.36. The Bertz CT molecular complexity index is 1400. The number of imidazole rings is 1. The number of carbonyl (C=O) groups is 1. The number of nitrogens with zero attached hydrogens (tertiary/aromatic N) is 5. The quantitative estimate of drug-likeness (QED) is 0.423. The third-order valence-corrected chi connectivity index (χ3v) is 6.55. The summed E-state index contributed by atoms with van der Waals surface area (Å²) in [6, 6.07) is 8.68. The Balaban J connectivity index is 1.65. The Morgan fingerprint density at radius 2 is 1.88 bits per heavy atom. The minimum absolute atomic E-state index is 0.118. The number of aromatic nitrogens is 4. The molecule has 5 heterocycles. The first-order valence-corrected chi connectivity index (χ1v) is 11.7. The van der Waals surface area contributed by atoms with E-state index in [9.17, 15) is 4.79 Å². The molecule has 0 aliphatic carbocycles. The third kappa shape index (κ3) is 3.33. The first kappa shape index (κ1) is 21.1. The maximum atomic E-state index is 13.2. The summed E-state index contributed by atoms with van der Waals surface area (Å²) >= 11 is 0. The number of amides is 1. The number of para-hydroxylation sites is 2. The van der Waals surface area contributed by atoms with Crippen LogP contribution in [0.4, 0.5) is 11.6 Å². The van der Waals surface area contributed by atoms with Crippen molar-refractivity contribution in [2.45, 2.75) is 32.0 Å². The van der Waals surface area contributed by atoms with Crippen molar-refractivity contribution in [2.24, 2.45) is 0 Å². The number of hydrogen-bond donors (Lipinski definition) is 3. The lowest BCUT2D eigenvalue weighted by atomic mass is 10.1. The number of ether oxygens (including phenoxy) is 1. The molecule has 6 rings (SSSR count). The molecule has 4 aromatic rings. The van der Waals surface area contributed by atoms with E-state index < -0.39 is 0 Å². The molecule has 34 heavy (non-hydrogen) atoms. The number of nitrogens with one attached hydrogen (secondary N) is 3. The number of fused-ring (bicyclic) bond motifs is 5. The summed E-state index contributed by atoms with van der Waals surface area (Å²) < 4.78 is 7.36. The van der Waals surface area contributed by atoms with Gasteiger partial charge in [-0.1, -0.05) is 12.1 Å². The average molecular weight is 461 g/mol. The molecule has 2 atom stereocenters. The number of hydrogen-bond acceptors (Lipinski definition) is 8. The summed E-state index contributed by atoms with van der Waals surface area (Å²) in [5.41, 5.74) is 4.18. The lowest BCUT2D eigenvalue weighted by molar-refractivity contribution is 0.0211. The summed E-state index contributed by atoms with van der Waals surface area (Å²) in [5, 5.41) is 10.6. The Morgan fingerprint density at radius 3 is 2.59 bits per heavy atom. The number of carbonyl (C=O) groups excluding carboxylic acids is 1. The van der Waals surface area contributed by atoms with Gasteiger partial charge in [0.2, 0.25) is 5.95 Å². The molecule has 10 heteroatoms. The maximum absolute atomic E-state index is 13.2. The highest BCUT2D eigenvalue weighted by atomic mass is 16.5. The molecule has 2 fully saturated rings. The summed E-state index contributed by atoms with van der Waals surface area (Å²) in [6.45, 7) is 7.17. The van der Waals surface area contributed by atoms with Gasteiger partial charge in [0.15, 0.2) is 11.3 Å². The molecule has 2 aliphatic heterocycles. The largest absolute Gasteiger partial charge is 0.377 e. The Kier molecular flexibility index (Phi) is 5.00. The highest BCUT2D eigenvalue weighted by Crippen LogP contribution is 2.34. The molecule has 0 saturated carbocycles. The molecular weight excluding hydrogens is 432 g/mol. The topological polar surface area (TPSA) is 109 Å². The van der Waals surface area contributed by atoms with Gasteiger partial charge in [0.05, 0.1) is 41.4 Å². The van der Waals surface area contributed by atoms with E-state index in [2.05, 4.69) is 34.7 Å². The van der Waals surface area contributed by atoms with Gasteiger partial charge in [0, 0.05) is 38.4 Å². The van der Waals surface area contributed by atoms with E-state index >= 15 is 0 Å². The molecule has 2 saturated heterocycles. The van der Waals surface area contributed by atoms with E-state index in [1.807, 2.05) is 34.9 Å². The van der Waals surface area contributed by atoms with Crippen LogP contribution in [0.25, 0.3) is 27.7 Å². The maximum Gasteiger partial charge on any atom is 0.256 e. The van der Waals surface area contributed by atoms with Crippen LogP contribution in [0.5, 0.6) is 0 Å². The second kappa shape index (κ2) is 8.07. The van der Waals surface area contributed by atoms with E-state index in [-0.39, 0.29) is 11.9 Å². The van der Waals surface area contributed by atoms with E-state index in [1.54, 1.807) is 7.05 Å². The summed E-state index contributed by atoms with van der Waals surface area (Å²) in [6.07, 6.45) is 1.83. The predicted octanol–water partition coefficient (Wildman–Crippen LogP) is 1.79. The minimum Gasteiger partial charge on any atom is -0.377 e. The van der Waals surface area contributed by atoms with Crippen LogP contribution in [0.2, 0.25) is 0 Å². The monoisotopic (exact) mass is 460 g/mol. The molecule has 0 spiro atoms. The van der Waals surface area contributed by atoms with Crippen molar-refractivity contribution < 1.29 is 9.53 Å². The molecule has 0 bridgehead atoms. The van der Waals surface area contributed by atoms with E-state index in [0.29, 0.717) is 48.1 Å². The Morgan fingerprint density at radius 1 is 1.12 bits per heavy atom. The van der Waals surface area contributed by atoms with Crippen LogP contribution in [0.15, 0.2) is 30.5 Å². The van der Waals surface area contributed by atoms with E-state index in [0.717, 1.165) is 35.2 Å². The van der Waals surface area contributed by atoms with E-state index in [4.69, 9.17) is 19.7 Å². The number of rotatable bonds is 4. The summed E-state index contributed by atoms with van der Waals surface area (Å²) in [5.74, 6) is 0.469. The van der Waals surface area contributed by atoms with Crippen LogP contribution in [0.1, 0.15) is 24.2 Å². The highest BCUT2D eigenvalue weighted by molar-refractivity contribution is 6.13. The van der Waals surface area contributed by atoms with Crippen molar-refractivity contribution in [1.29, 1.82) is 0 Å². The van der Waals surface area contributed by atoms with Gasteiger partial charge in [-0.05, 0) is 26.0 Å². The van der Waals surface area contributed by atoms with Gasteiger partial charge >= 0.3 is 0 Å². The van der Waals surface area contributed by atoms with Gasteiger partial charge < -0.3 is 25.6 Å². The van der Waals surface area contributed by atoms with Gasteiger partial charge in [0.1, 0.15) is 5.56 Å². The van der Waals surface area contributed by atoms with Gasteiger partial charge in [-0.25, -0.2) is 9.97 Å². The fraction of sp³-hybridized carbons (Fsp3) is 0.417. The molecule has 10 nitrogen and oxygen atoms in total. The number of piperazine rings is 1. The molecule has 1 aromatic carbocycles. The highest BCUT2D eigenvalue weighted by Gasteiger charge is 2.29. The standard InChI is InChI=1S/C24H28N8O2/c1-13-9-31(10-14(2)27-13)24-26-8-16-20(28-15-11-34-12-15)19(23(33)25-3)22-29-17-6-4-5-7-18(17)32(22)21(16)30-24/h4-8,13-15,27-28H,9-12H2,1-3H3,(H,25,33)/t13-,14+. The second-order valence-corrected chi connectivity index (χ2v) is 9.25. The van der Waals surface area contributed by atoms with Crippen molar-refractivity contribution in [3.63, 3.8) is 0 Å². The normalized spacial score (nSPS) is 21.2. The minimum atomic E-state index is -0.209. The zero-order chi connectivity index (χ0) is 23.4. The molecule has 3 aromatic heterocycles. The number of benzene rings is 1. The number of anilines is 2. The van der Waals surface area contributed by atoms with Crippen LogP contribution < -0.4 is 20.9 Å². The number of pyridine rings is 1. The Labute approximate surface area is 196 Å². The smallest absolute Gasteiger partial charge is 0.256 e. The van der Waals surface area contributed by atoms with Crippen LogP contribution in [0, 0.1) is 0 Å². The fourth-order valence-corrected chi connectivity index (χ4v) is 5.02. The van der Waals surface area contributed by atoms with Crippen LogP contribution in [0.3, 0.4) is 0 Å². The van der Waals surface area contributed by atoms with Crippen molar-refractivity contribution >= 4 is 45.3 Å². The van der Waals surface area contributed by atoms with Gasteiger partial charge in [0.25, 0.3) is 5.91 Å². The average Bonchev–Trinajstić information content (AvgIpc) is 3.19. The van der Waals surface area contributed by atoms with Crippen molar-refractivity contribution in [2.75, 3.05) is 43.6 Å². The van der Waals surface area contributed by atoms with Gasteiger partial charge in [-0.2, -0.15) is 4.98 Å². The van der Waals surface area contributed by atoms with E-state index in [1.165, 1.54) is 0 Å². The van der Waals surface area contributed by atoms with Crippen molar-refractivity contribution in [3.05, 3.63) is 36.0 Å². The lowest BCUT2D eigenvalue weighted by Crippen LogP contribution is -2.54. The summed E-state index contributed by atoms with van der Waals surface area (Å²) in [4.78, 5) is 30.1.